The smallest absolute Gasteiger partial charge is 0.221 e. The van der Waals surface area contributed by atoms with Gasteiger partial charge in [0.05, 0.1) is 11.5 Å². The van der Waals surface area contributed by atoms with Gasteiger partial charge < -0.3 is 10.6 Å². The number of fused-ring (bicyclic) bond motifs is 1. The normalized spacial score (nSPS) is 23.4. The van der Waals surface area contributed by atoms with Crippen molar-refractivity contribution in [1.29, 1.82) is 0 Å². The van der Waals surface area contributed by atoms with Gasteiger partial charge >= 0.3 is 0 Å². The van der Waals surface area contributed by atoms with E-state index in [4.69, 9.17) is 0 Å². The molecule has 1 fully saturated rings. The zero-order chi connectivity index (χ0) is 15.6. The molecule has 0 bridgehead atoms. The van der Waals surface area contributed by atoms with Crippen LogP contribution in [0.5, 0.6) is 0 Å². The first-order valence-electron chi connectivity index (χ1n) is 7.82. The fourth-order valence-corrected chi connectivity index (χ4v) is 4.98. The SMILES string of the molecule is O=C(CCNC1Cc2ccccc2C1)N[C@H]1CCS(=O)(=O)C1. The summed E-state index contributed by atoms with van der Waals surface area (Å²) in [6.07, 6.45) is 2.96. The lowest BCUT2D eigenvalue weighted by Gasteiger charge is -2.13. The van der Waals surface area contributed by atoms with Crippen molar-refractivity contribution in [3.63, 3.8) is 0 Å². The highest BCUT2D eigenvalue weighted by Gasteiger charge is 2.28. The lowest BCUT2D eigenvalue weighted by molar-refractivity contribution is -0.121. The molecule has 1 atom stereocenters. The van der Waals surface area contributed by atoms with Crippen molar-refractivity contribution in [3.8, 4) is 0 Å². The topological polar surface area (TPSA) is 75.3 Å². The second-order valence-corrected chi connectivity index (χ2v) is 8.47. The van der Waals surface area contributed by atoms with E-state index in [1.807, 2.05) is 0 Å². The highest BCUT2D eigenvalue weighted by Crippen LogP contribution is 2.21. The Labute approximate surface area is 131 Å². The largest absolute Gasteiger partial charge is 0.352 e. The summed E-state index contributed by atoms with van der Waals surface area (Å²) >= 11 is 0. The molecule has 2 N–H and O–H groups in total. The number of carbonyl (C=O) groups is 1. The zero-order valence-electron chi connectivity index (χ0n) is 12.5. The molecule has 22 heavy (non-hydrogen) atoms. The van der Waals surface area contributed by atoms with Crippen LogP contribution in [-0.4, -0.2) is 44.5 Å². The van der Waals surface area contributed by atoms with Crippen molar-refractivity contribution in [2.24, 2.45) is 0 Å². The molecule has 2 aliphatic rings. The Morgan fingerprint density at radius 1 is 1.14 bits per heavy atom. The molecular formula is C16H22N2O3S. The molecule has 120 valence electrons. The maximum atomic E-state index is 11.9. The molecule has 3 rings (SSSR count). The molecule has 1 aromatic rings. The number of carbonyl (C=O) groups excluding carboxylic acids is 1. The van der Waals surface area contributed by atoms with Gasteiger partial charge in [0.15, 0.2) is 9.84 Å². The maximum Gasteiger partial charge on any atom is 0.221 e. The van der Waals surface area contributed by atoms with E-state index in [0.717, 1.165) is 12.8 Å². The molecule has 1 aliphatic carbocycles. The molecule has 0 unspecified atom stereocenters. The standard InChI is InChI=1S/C16H22N2O3S/c19-16(18-14-6-8-22(20,21)11-14)5-7-17-15-9-12-3-1-2-4-13(12)10-15/h1-4,14-15,17H,5-11H2,(H,18,19)/t14-/m0/s1. The van der Waals surface area contributed by atoms with Gasteiger partial charge in [-0.25, -0.2) is 8.42 Å². The summed E-state index contributed by atoms with van der Waals surface area (Å²) in [5.41, 5.74) is 2.78. The van der Waals surface area contributed by atoms with E-state index < -0.39 is 9.84 Å². The second-order valence-electron chi connectivity index (χ2n) is 6.25. The molecule has 1 heterocycles. The van der Waals surface area contributed by atoms with E-state index in [0.29, 0.717) is 25.4 Å². The minimum absolute atomic E-state index is 0.0647. The van der Waals surface area contributed by atoms with E-state index in [1.165, 1.54) is 11.1 Å². The van der Waals surface area contributed by atoms with Crippen molar-refractivity contribution in [1.82, 2.24) is 10.6 Å². The Hall–Kier alpha value is -1.40. The van der Waals surface area contributed by atoms with Gasteiger partial charge in [-0.15, -0.1) is 0 Å². The number of hydrogen-bond acceptors (Lipinski definition) is 4. The van der Waals surface area contributed by atoms with Crippen LogP contribution in [0.3, 0.4) is 0 Å². The van der Waals surface area contributed by atoms with Crippen LogP contribution in [0.25, 0.3) is 0 Å². The van der Waals surface area contributed by atoms with Crippen molar-refractivity contribution >= 4 is 15.7 Å². The summed E-state index contributed by atoms with van der Waals surface area (Å²) in [4.78, 5) is 11.9. The van der Waals surface area contributed by atoms with E-state index >= 15 is 0 Å². The first kappa shape index (κ1) is 15.5. The first-order valence-corrected chi connectivity index (χ1v) is 9.64. The molecule has 1 aromatic carbocycles. The third-order valence-corrected chi connectivity index (χ3v) is 6.20. The predicted octanol–water partition coefficient (Wildman–Crippen LogP) is 0.437. The van der Waals surface area contributed by atoms with Gasteiger partial charge in [-0.2, -0.15) is 0 Å². The van der Waals surface area contributed by atoms with E-state index in [2.05, 4.69) is 34.9 Å². The van der Waals surface area contributed by atoms with Crippen molar-refractivity contribution in [2.75, 3.05) is 18.1 Å². The van der Waals surface area contributed by atoms with E-state index in [9.17, 15) is 13.2 Å². The Bertz CT molecular complexity index is 632. The van der Waals surface area contributed by atoms with Gasteiger partial charge in [-0.3, -0.25) is 4.79 Å². The molecule has 1 saturated heterocycles. The Balaban J connectivity index is 1.37. The van der Waals surface area contributed by atoms with Crippen LogP contribution < -0.4 is 10.6 Å². The maximum absolute atomic E-state index is 11.9. The molecule has 1 aliphatic heterocycles. The Morgan fingerprint density at radius 2 is 1.82 bits per heavy atom. The van der Waals surface area contributed by atoms with Crippen molar-refractivity contribution in [2.45, 2.75) is 37.8 Å². The van der Waals surface area contributed by atoms with Gasteiger partial charge in [-0.1, -0.05) is 24.3 Å². The third kappa shape index (κ3) is 3.87. The number of amides is 1. The summed E-state index contributed by atoms with van der Waals surface area (Å²) in [6.45, 7) is 0.629. The molecular weight excluding hydrogens is 300 g/mol. The van der Waals surface area contributed by atoms with Crippen LogP contribution in [0.15, 0.2) is 24.3 Å². The van der Waals surface area contributed by atoms with Crippen LogP contribution in [0.4, 0.5) is 0 Å². The molecule has 0 spiro atoms. The lowest BCUT2D eigenvalue weighted by Crippen LogP contribution is -2.38. The number of nitrogens with one attached hydrogen (secondary N) is 2. The summed E-state index contributed by atoms with van der Waals surface area (Å²) in [6, 6.07) is 8.63. The minimum atomic E-state index is -2.94. The van der Waals surface area contributed by atoms with Crippen molar-refractivity contribution < 1.29 is 13.2 Å². The average Bonchev–Trinajstić information content (AvgIpc) is 3.01. The molecule has 1 amide bonds. The summed E-state index contributed by atoms with van der Waals surface area (Å²) in [5.74, 6) is 0.214. The number of benzene rings is 1. The quantitative estimate of drug-likeness (QED) is 0.825. The van der Waals surface area contributed by atoms with Crippen LogP contribution in [0.1, 0.15) is 24.0 Å². The molecule has 0 radical (unpaired) electrons. The second kappa shape index (κ2) is 6.38. The lowest BCUT2D eigenvalue weighted by atomic mass is 10.1. The van der Waals surface area contributed by atoms with Crippen molar-refractivity contribution in [3.05, 3.63) is 35.4 Å². The average molecular weight is 322 g/mol. The van der Waals surface area contributed by atoms with Gasteiger partial charge in [-0.05, 0) is 30.4 Å². The summed E-state index contributed by atoms with van der Waals surface area (Å²) < 4.78 is 22.7. The molecule has 0 saturated carbocycles. The number of rotatable bonds is 5. The monoisotopic (exact) mass is 322 g/mol. The predicted molar refractivity (Wildman–Crippen MR) is 85.5 cm³/mol. The highest BCUT2D eigenvalue weighted by molar-refractivity contribution is 7.91. The van der Waals surface area contributed by atoms with Gasteiger partial charge in [0.2, 0.25) is 5.91 Å². The van der Waals surface area contributed by atoms with E-state index in [-0.39, 0.29) is 23.5 Å². The van der Waals surface area contributed by atoms with Crippen LogP contribution >= 0.6 is 0 Å². The van der Waals surface area contributed by atoms with E-state index in [1.54, 1.807) is 0 Å². The summed E-state index contributed by atoms with van der Waals surface area (Å²) in [5, 5.41) is 6.24. The van der Waals surface area contributed by atoms with Crippen LogP contribution in [0.2, 0.25) is 0 Å². The fraction of sp³-hybridized carbons (Fsp3) is 0.562. The van der Waals surface area contributed by atoms with Gasteiger partial charge in [0.1, 0.15) is 0 Å². The number of hydrogen-bond donors (Lipinski definition) is 2. The first-order chi connectivity index (χ1) is 10.5. The Morgan fingerprint density at radius 3 is 2.41 bits per heavy atom. The zero-order valence-corrected chi connectivity index (χ0v) is 13.4. The Kier molecular flexibility index (Phi) is 4.49. The summed E-state index contributed by atoms with van der Waals surface area (Å²) in [7, 11) is -2.94. The van der Waals surface area contributed by atoms with Gasteiger partial charge in [0, 0.05) is 25.0 Å². The fourth-order valence-electron chi connectivity index (χ4n) is 3.30. The van der Waals surface area contributed by atoms with Gasteiger partial charge in [0.25, 0.3) is 0 Å². The highest BCUT2D eigenvalue weighted by atomic mass is 32.2. The number of sulfone groups is 1. The third-order valence-electron chi connectivity index (χ3n) is 4.43. The minimum Gasteiger partial charge on any atom is -0.352 e. The molecule has 5 nitrogen and oxygen atoms in total. The van der Waals surface area contributed by atoms with Crippen LogP contribution in [0, 0.1) is 0 Å². The van der Waals surface area contributed by atoms with Crippen LogP contribution in [-0.2, 0) is 27.5 Å². The molecule has 6 heteroatoms. The molecule has 0 aromatic heterocycles.